The molecule has 0 radical (unpaired) electrons. The first-order chi connectivity index (χ1) is 11.7. The van der Waals surface area contributed by atoms with Gasteiger partial charge in [-0.15, -0.1) is 0 Å². The van der Waals surface area contributed by atoms with Crippen LogP contribution in [0.15, 0.2) is 42.5 Å². The van der Waals surface area contributed by atoms with Gasteiger partial charge in [-0.1, -0.05) is 17.2 Å². The van der Waals surface area contributed by atoms with Gasteiger partial charge in [-0.05, 0) is 24.3 Å². The van der Waals surface area contributed by atoms with Crippen LogP contribution >= 0.6 is 0 Å². The molecule has 2 aromatic carbocycles. The van der Waals surface area contributed by atoms with E-state index in [1.54, 1.807) is 0 Å². The van der Waals surface area contributed by atoms with Crippen LogP contribution < -0.4 is 0 Å². The maximum atomic E-state index is 14.1. The van der Waals surface area contributed by atoms with E-state index in [0.29, 0.717) is 6.07 Å². The number of amides is 2. The highest BCUT2D eigenvalue weighted by Gasteiger charge is 2.48. The number of carbonyl (C=O) groups is 3. The van der Waals surface area contributed by atoms with Gasteiger partial charge in [0.2, 0.25) is 0 Å². The predicted molar refractivity (Wildman–Crippen MR) is 73.3 cm³/mol. The molecule has 2 amide bonds. The third kappa shape index (κ3) is 2.73. The molecular formula is C16H7F4NO4. The average Bonchev–Trinajstić information content (AvgIpc) is 2.79. The SMILES string of the molecule is O=C1c2ccccc2C(=O)N1OC(=O)C(F)(F)c1cc(F)cc(F)c1. The van der Waals surface area contributed by atoms with Crippen LogP contribution in [0.4, 0.5) is 17.6 Å². The van der Waals surface area contributed by atoms with Crippen LogP contribution in [0.3, 0.4) is 0 Å². The van der Waals surface area contributed by atoms with Crippen molar-refractivity contribution in [2.45, 2.75) is 5.92 Å². The Balaban J connectivity index is 1.87. The van der Waals surface area contributed by atoms with Crippen LogP contribution in [0, 0.1) is 11.6 Å². The van der Waals surface area contributed by atoms with E-state index >= 15 is 0 Å². The molecule has 0 aromatic heterocycles. The molecule has 0 unspecified atom stereocenters. The van der Waals surface area contributed by atoms with Gasteiger partial charge in [0.05, 0.1) is 11.1 Å². The normalized spacial score (nSPS) is 13.8. The van der Waals surface area contributed by atoms with E-state index in [1.807, 2.05) is 0 Å². The van der Waals surface area contributed by atoms with E-state index < -0.39 is 40.9 Å². The lowest BCUT2D eigenvalue weighted by Gasteiger charge is -2.18. The molecule has 1 aliphatic rings. The Morgan fingerprint density at radius 2 is 1.40 bits per heavy atom. The van der Waals surface area contributed by atoms with Crippen molar-refractivity contribution < 1.29 is 36.8 Å². The summed E-state index contributed by atoms with van der Waals surface area (Å²) in [6, 6.07) is 6.19. The second-order valence-corrected chi connectivity index (χ2v) is 5.06. The van der Waals surface area contributed by atoms with Crippen molar-refractivity contribution in [2.75, 3.05) is 0 Å². The van der Waals surface area contributed by atoms with Crippen molar-refractivity contribution in [3.05, 3.63) is 70.8 Å². The van der Waals surface area contributed by atoms with Crippen LogP contribution in [-0.4, -0.2) is 22.8 Å². The Hall–Kier alpha value is -3.23. The van der Waals surface area contributed by atoms with E-state index in [1.165, 1.54) is 24.3 Å². The summed E-state index contributed by atoms with van der Waals surface area (Å²) in [5.74, 6) is -11.7. The molecule has 0 N–H and O–H groups in total. The minimum Gasteiger partial charge on any atom is -0.323 e. The molecule has 0 atom stereocenters. The van der Waals surface area contributed by atoms with Crippen LogP contribution in [0.2, 0.25) is 0 Å². The lowest BCUT2D eigenvalue weighted by molar-refractivity contribution is -0.198. The smallest absolute Gasteiger partial charge is 0.323 e. The first-order valence-corrected chi connectivity index (χ1v) is 6.76. The number of fused-ring (bicyclic) bond motifs is 1. The molecule has 0 bridgehead atoms. The lowest BCUT2D eigenvalue weighted by atomic mass is 10.1. The Morgan fingerprint density at radius 3 is 1.88 bits per heavy atom. The van der Waals surface area contributed by atoms with Gasteiger partial charge in [0, 0.05) is 11.6 Å². The summed E-state index contributed by atoms with van der Waals surface area (Å²) >= 11 is 0. The molecule has 25 heavy (non-hydrogen) atoms. The molecule has 0 fully saturated rings. The van der Waals surface area contributed by atoms with Gasteiger partial charge in [0.15, 0.2) is 0 Å². The summed E-state index contributed by atoms with van der Waals surface area (Å²) in [6.45, 7) is 0. The van der Waals surface area contributed by atoms with Crippen LogP contribution in [-0.2, 0) is 15.6 Å². The first-order valence-electron chi connectivity index (χ1n) is 6.76. The maximum absolute atomic E-state index is 14.1. The Kier molecular flexibility index (Phi) is 3.78. The van der Waals surface area contributed by atoms with Crippen LogP contribution in [0.25, 0.3) is 0 Å². The molecular weight excluding hydrogens is 346 g/mol. The highest BCUT2D eigenvalue weighted by molar-refractivity contribution is 6.20. The third-order valence-corrected chi connectivity index (χ3v) is 3.41. The van der Waals surface area contributed by atoms with Gasteiger partial charge in [0.1, 0.15) is 11.6 Å². The predicted octanol–water partition coefficient (Wildman–Crippen LogP) is 2.81. The number of hydroxylamine groups is 2. The van der Waals surface area contributed by atoms with E-state index in [-0.39, 0.29) is 28.3 Å². The number of carbonyl (C=O) groups excluding carboxylic acids is 3. The van der Waals surface area contributed by atoms with E-state index in [4.69, 9.17) is 0 Å². The van der Waals surface area contributed by atoms with Gasteiger partial charge in [-0.3, -0.25) is 9.59 Å². The number of benzene rings is 2. The third-order valence-electron chi connectivity index (χ3n) is 3.41. The first kappa shape index (κ1) is 16.6. The van der Waals surface area contributed by atoms with Gasteiger partial charge in [-0.2, -0.15) is 8.78 Å². The Morgan fingerprint density at radius 1 is 0.920 bits per heavy atom. The second-order valence-electron chi connectivity index (χ2n) is 5.06. The fourth-order valence-corrected chi connectivity index (χ4v) is 2.24. The number of hydrogen-bond donors (Lipinski definition) is 0. The summed E-state index contributed by atoms with van der Waals surface area (Å²) in [5, 5.41) is -0.115. The van der Waals surface area contributed by atoms with Gasteiger partial charge in [-0.25, -0.2) is 13.6 Å². The van der Waals surface area contributed by atoms with Gasteiger partial charge >= 0.3 is 11.9 Å². The molecule has 2 aromatic rings. The second kappa shape index (κ2) is 5.69. The van der Waals surface area contributed by atoms with Crippen LogP contribution in [0.1, 0.15) is 26.3 Å². The molecule has 0 saturated heterocycles. The fraction of sp³-hybridized carbons (Fsp3) is 0.0625. The number of hydrogen-bond acceptors (Lipinski definition) is 4. The minimum absolute atomic E-state index is 0.115. The molecule has 1 aliphatic heterocycles. The highest BCUT2D eigenvalue weighted by atomic mass is 19.3. The van der Waals surface area contributed by atoms with Crippen molar-refractivity contribution in [2.24, 2.45) is 0 Å². The lowest BCUT2D eigenvalue weighted by Crippen LogP contribution is -2.39. The molecule has 1 heterocycles. The van der Waals surface area contributed by atoms with Gasteiger partial charge in [0.25, 0.3) is 11.8 Å². The Bertz CT molecular complexity index is 858. The van der Waals surface area contributed by atoms with Crippen LogP contribution in [0.5, 0.6) is 0 Å². The monoisotopic (exact) mass is 353 g/mol. The summed E-state index contributed by atoms with van der Waals surface area (Å²) in [6.07, 6.45) is 0. The summed E-state index contributed by atoms with van der Waals surface area (Å²) < 4.78 is 54.3. The van der Waals surface area contributed by atoms with Gasteiger partial charge < -0.3 is 4.84 Å². The zero-order valence-electron chi connectivity index (χ0n) is 12.1. The zero-order chi connectivity index (χ0) is 18.4. The minimum atomic E-state index is -4.49. The molecule has 0 saturated carbocycles. The number of rotatable bonds is 3. The number of nitrogens with zero attached hydrogens (tertiary/aromatic N) is 1. The van der Waals surface area contributed by atoms with Crippen molar-refractivity contribution >= 4 is 17.8 Å². The highest BCUT2D eigenvalue weighted by Crippen LogP contribution is 2.32. The molecule has 0 aliphatic carbocycles. The maximum Gasteiger partial charge on any atom is 0.407 e. The topological polar surface area (TPSA) is 63.7 Å². The van der Waals surface area contributed by atoms with Crippen molar-refractivity contribution in [3.8, 4) is 0 Å². The number of alkyl halides is 2. The van der Waals surface area contributed by atoms with Crippen molar-refractivity contribution in [1.29, 1.82) is 0 Å². The largest absolute Gasteiger partial charge is 0.407 e. The zero-order valence-corrected chi connectivity index (χ0v) is 12.1. The summed E-state index contributed by atoms with van der Waals surface area (Å²) in [5.41, 5.74) is -1.56. The Labute approximate surface area is 137 Å². The van der Waals surface area contributed by atoms with E-state index in [0.717, 1.165) is 0 Å². The average molecular weight is 353 g/mol. The molecule has 128 valence electrons. The van der Waals surface area contributed by atoms with Crippen molar-refractivity contribution in [1.82, 2.24) is 5.06 Å². The molecule has 0 spiro atoms. The fourth-order valence-electron chi connectivity index (χ4n) is 2.24. The summed E-state index contributed by atoms with van der Waals surface area (Å²) in [7, 11) is 0. The van der Waals surface area contributed by atoms with E-state index in [2.05, 4.69) is 4.84 Å². The number of imide groups is 1. The molecule has 3 rings (SSSR count). The summed E-state index contributed by atoms with van der Waals surface area (Å²) in [4.78, 5) is 39.9. The van der Waals surface area contributed by atoms with Crippen molar-refractivity contribution in [3.63, 3.8) is 0 Å². The quantitative estimate of drug-likeness (QED) is 0.629. The number of halogens is 4. The van der Waals surface area contributed by atoms with E-state index in [9.17, 15) is 31.9 Å². The molecule has 5 nitrogen and oxygen atoms in total. The molecule has 9 heteroatoms. The standard InChI is InChI=1S/C16H7F4NO4/c17-9-5-8(6-10(18)7-9)16(19,20)15(24)25-21-13(22)11-3-1-2-4-12(11)14(21)23/h1-7H.